The summed E-state index contributed by atoms with van der Waals surface area (Å²) >= 11 is 3.30. The second-order valence-corrected chi connectivity index (χ2v) is 4.37. The minimum atomic E-state index is -1.43. The van der Waals surface area contributed by atoms with Crippen LogP contribution in [-0.2, 0) is 0 Å². The van der Waals surface area contributed by atoms with Crippen molar-refractivity contribution in [3.05, 3.63) is 40.7 Å². The zero-order valence-corrected chi connectivity index (χ0v) is 10.6. The molecule has 0 nitrogen and oxygen atoms in total. The Hall–Kier alpha value is -0.770. The lowest BCUT2D eigenvalue weighted by atomic mass is 10.0. The zero-order chi connectivity index (χ0) is 12.3. The van der Waals surface area contributed by atoms with Crippen LogP contribution in [0.4, 0.5) is 13.2 Å². The third kappa shape index (κ3) is 3.11. The van der Waals surface area contributed by atoms with Crippen LogP contribution in [0.15, 0.2) is 17.7 Å². The topological polar surface area (TPSA) is 0 Å². The third-order valence-electron chi connectivity index (χ3n) is 2.25. The molecule has 0 saturated heterocycles. The molecule has 0 amide bonds. The second kappa shape index (κ2) is 5.53. The average Bonchev–Trinajstić information content (AvgIpc) is 2.21. The van der Waals surface area contributed by atoms with Crippen molar-refractivity contribution in [3.8, 4) is 0 Å². The van der Waals surface area contributed by atoms with Gasteiger partial charge in [-0.15, -0.1) is 0 Å². The van der Waals surface area contributed by atoms with Crippen LogP contribution in [0.2, 0.25) is 0 Å². The van der Waals surface area contributed by atoms with E-state index in [0.29, 0.717) is 10.9 Å². The molecular formula is C12H12BrF3. The summed E-state index contributed by atoms with van der Waals surface area (Å²) < 4.78 is 38.6. The summed E-state index contributed by atoms with van der Waals surface area (Å²) in [6.45, 7) is 3.95. The van der Waals surface area contributed by atoms with Gasteiger partial charge < -0.3 is 0 Å². The van der Waals surface area contributed by atoms with Gasteiger partial charge in [0.2, 0.25) is 0 Å². The minimum Gasteiger partial charge on any atom is -0.204 e. The van der Waals surface area contributed by atoms with Gasteiger partial charge in [-0.05, 0) is 23.6 Å². The largest absolute Gasteiger partial charge is 0.204 e. The number of hydrogen-bond acceptors (Lipinski definition) is 0. The summed E-state index contributed by atoms with van der Waals surface area (Å²) in [5, 5.41) is 0.616. The van der Waals surface area contributed by atoms with Crippen LogP contribution in [0.25, 0.3) is 6.08 Å². The first-order chi connectivity index (χ1) is 7.45. The summed E-state index contributed by atoms with van der Waals surface area (Å²) in [5.74, 6) is -3.49. The van der Waals surface area contributed by atoms with E-state index in [1.54, 1.807) is 6.08 Å². The Balaban J connectivity index is 3.15. The van der Waals surface area contributed by atoms with E-state index in [4.69, 9.17) is 0 Å². The van der Waals surface area contributed by atoms with Gasteiger partial charge in [0.15, 0.2) is 17.5 Å². The molecule has 0 N–H and O–H groups in total. The molecule has 0 fully saturated rings. The Morgan fingerprint density at radius 3 is 2.12 bits per heavy atom. The van der Waals surface area contributed by atoms with Gasteiger partial charge in [-0.3, -0.25) is 0 Å². The van der Waals surface area contributed by atoms with E-state index in [1.807, 2.05) is 13.8 Å². The number of halogens is 4. The van der Waals surface area contributed by atoms with E-state index < -0.39 is 17.5 Å². The minimum absolute atomic E-state index is 0.260. The molecule has 16 heavy (non-hydrogen) atoms. The first-order valence-corrected chi connectivity index (χ1v) is 5.98. The van der Waals surface area contributed by atoms with Crippen molar-refractivity contribution >= 4 is 22.0 Å². The summed E-state index contributed by atoms with van der Waals surface area (Å²) in [5.41, 5.74) is 1.32. The van der Waals surface area contributed by atoms with Crippen molar-refractivity contribution in [3.63, 3.8) is 0 Å². The molecule has 0 atom stereocenters. The van der Waals surface area contributed by atoms with Crippen molar-refractivity contribution in [1.29, 1.82) is 0 Å². The van der Waals surface area contributed by atoms with Crippen molar-refractivity contribution in [1.82, 2.24) is 0 Å². The summed E-state index contributed by atoms with van der Waals surface area (Å²) in [4.78, 5) is 0. The number of allylic oxidation sites excluding steroid dienone is 1. The summed E-state index contributed by atoms with van der Waals surface area (Å²) in [6, 6.07) is 1.98. The molecule has 0 aliphatic carbocycles. The highest BCUT2D eigenvalue weighted by Crippen LogP contribution is 2.20. The predicted octanol–water partition coefficient (Wildman–Crippen LogP) is 4.54. The molecule has 0 radical (unpaired) electrons. The molecule has 1 aromatic carbocycles. The summed E-state index contributed by atoms with van der Waals surface area (Å²) in [7, 11) is 0. The van der Waals surface area contributed by atoms with E-state index in [2.05, 4.69) is 15.9 Å². The smallest absolute Gasteiger partial charge is 0.194 e. The van der Waals surface area contributed by atoms with Crippen molar-refractivity contribution in [2.45, 2.75) is 13.8 Å². The Labute approximate surface area is 101 Å². The van der Waals surface area contributed by atoms with Crippen LogP contribution in [0.3, 0.4) is 0 Å². The quantitative estimate of drug-likeness (QED) is 0.567. The SMILES string of the molecule is CC(C)C(=Cc1cc(F)c(F)c(F)c1)CBr. The summed E-state index contributed by atoms with van der Waals surface area (Å²) in [6.07, 6.45) is 1.66. The molecular weight excluding hydrogens is 281 g/mol. The van der Waals surface area contributed by atoms with Crippen LogP contribution in [-0.4, -0.2) is 5.33 Å². The Kier molecular flexibility index (Phi) is 4.59. The highest BCUT2D eigenvalue weighted by atomic mass is 79.9. The molecule has 0 aliphatic rings. The van der Waals surface area contributed by atoms with Gasteiger partial charge in [-0.1, -0.05) is 41.4 Å². The van der Waals surface area contributed by atoms with Crippen LogP contribution in [0.5, 0.6) is 0 Å². The number of hydrogen-bond donors (Lipinski definition) is 0. The van der Waals surface area contributed by atoms with Gasteiger partial charge in [-0.25, -0.2) is 13.2 Å². The maximum absolute atomic E-state index is 12.9. The van der Waals surface area contributed by atoms with Gasteiger partial charge in [-0.2, -0.15) is 0 Å². The Morgan fingerprint density at radius 2 is 1.75 bits per heavy atom. The van der Waals surface area contributed by atoms with E-state index in [9.17, 15) is 13.2 Å². The van der Waals surface area contributed by atoms with Gasteiger partial charge in [0, 0.05) is 5.33 Å². The highest BCUT2D eigenvalue weighted by molar-refractivity contribution is 9.09. The Morgan fingerprint density at radius 1 is 1.25 bits per heavy atom. The highest BCUT2D eigenvalue weighted by Gasteiger charge is 2.10. The fourth-order valence-electron chi connectivity index (χ4n) is 1.23. The lowest BCUT2D eigenvalue weighted by Crippen LogP contribution is -1.96. The molecule has 0 unspecified atom stereocenters. The van der Waals surface area contributed by atoms with Gasteiger partial charge in [0.1, 0.15) is 0 Å². The molecule has 1 aromatic rings. The van der Waals surface area contributed by atoms with Crippen molar-refractivity contribution in [2.75, 3.05) is 5.33 Å². The van der Waals surface area contributed by atoms with Crippen molar-refractivity contribution < 1.29 is 13.2 Å². The molecule has 0 bridgehead atoms. The van der Waals surface area contributed by atoms with Gasteiger partial charge in [0.05, 0.1) is 0 Å². The normalized spacial score (nSPS) is 12.3. The fourth-order valence-corrected chi connectivity index (χ4v) is 2.04. The fraction of sp³-hybridized carbons (Fsp3) is 0.333. The molecule has 0 aromatic heterocycles. The molecule has 0 saturated carbocycles. The molecule has 0 aliphatic heterocycles. The van der Waals surface area contributed by atoms with E-state index in [1.165, 1.54) is 0 Å². The predicted molar refractivity (Wildman–Crippen MR) is 62.9 cm³/mol. The molecule has 4 heteroatoms. The first kappa shape index (κ1) is 13.3. The van der Waals surface area contributed by atoms with Crippen LogP contribution >= 0.6 is 15.9 Å². The lowest BCUT2D eigenvalue weighted by molar-refractivity contribution is 0.447. The van der Waals surface area contributed by atoms with E-state index in [0.717, 1.165) is 17.7 Å². The van der Waals surface area contributed by atoms with Gasteiger partial charge >= 0.3 is 0 Å². The second-order valence-electron chi connectivity index (χ2n) is 3.81. The monoisotopic (exact) mass is 292 g/mol. The number of benzene rings is 1. The first-order valence-electron chi connectivity index (χ1n) is 4.86. The molecule has 0 spiro atoms. The maximum Gasteiger partial charge on any atom is 0.194 e. The van der Waals surface area contributed by atoms with Crippen LogP contribution in [0.1, 0.15) is 19.4 Å². The molecule has 88 valence electrons. The third-order valence-corrected chi connectivity index (χ3v) is 2.90. The van der Waals surface area contributed by atoms with Crippen molar-refractivity contribution in [2.24, 2.45) is 5.92 Å². The number of alkyl halides is 1. The Bertz CT molecular complexity index is 388. The standard InChI is InChI=1S/C12H12BrF3/c1-7(2)9(6-13)3-8-4-10(14)12(16)11(15)5-8/h3-5,7H,6H2,1-2H3. The van der Waals surface area contributed by atoms with E-state index in [-0.39, 0.29) is 5.92 Å². The molecule has 0 heterocycles. The lowest BCUT2D eigenvalue weighted by Gasteiger charge is -2.08. The zero-order valence-electron chi connectivity index (χ0n) is 9.03. The van der Waals surface area contributed by atoms with E-state index >= 15 is 0 Å². The average molecular weight is 293 g/mol. The molecule has 1 rings (SSSR count). The van der Waals surface area contributed by atoms with Gasteiger partial charge in [0.25, 0.3) is 0 Å². The number of rotatable bonds is 3. The van der Waals surface area contributed by atoms with Crippen LogP contribution in [0, 0.1) is 23.4 Å². The maximum atomic E-state index is 12.9. The van der Waals surface area contributed by atoms with Crippen LogP contribution < -0.4 is 0 Å².